The zero-order valence-corrected chi connectivity index (χ0v) is 19.8. The summed E-state index contributed by atoms with van der Waals surface area (Å²) in [6, 6.07) is 16.2. The van der Waals surface area contributed by atoms with Gasteiger partial charge in [-0.3, -0.25) is 4.79 Å². The van der Waals surface area contributed by atoms with Gasteiger partial charge in [-0.1, -0.05) is 43.3 Å². The molecule has 176 valence electrons. The molecule has 0 spiro atoms. The summed E-state index contributed by atoms with van der Waals surface area (Å²) < 4.78 is 22.3. The van der Waals surface area contributed by atoms with Crippen LogP contribution in [0.25, 0.3) is 11.1 Å². The normalized spacial score (nSPS) is 14.3. The Hall–Kier alpha value is -3.80. The van der Waals surface area contributed by atoms with Crippen LogP contribution >= 0.6 is 0 Å². The van der Waals surface area contributed by atoms with Crippen LogP contribution in [0.15, 0.2) is 59.4 Å². The quantitative estimate of drug-likeness (QED) is 0.474. The van der Waals surface area contributed by atoms with E-state index in [9.17, 15) is 9.59 Å². The van der Waals surface area contributed by atoms with E-state index in [2.05, 4.69) is 6.92 Å². The molecule has 0 unspecified atom stereocenters. The van der Waals surface area contributed by atoms with Gasteiger partial charge in [-0.2, -0.15) is 0 Å². The van der Waals surface area contributed by atoms with E-state index in [0.717, 1.165) is 40.7 Å². The van der Waals surface area contributed by atoms with E-state index in [4.69, 9.17) is 18.9 Å². The summed E-state index contributed by atoms with van der Waals surface area (Å²) >= 11 is 0. The van der Waals surface area contributed by atoms with Crippen LogP contribution in [0.1, 0.15) is 46.3 Å². The van der Waals surface area contributed by atoms with Gasteiger partial charge < -0.3 is 18.9 Å². The van der Waals surface area contributed by atoms with Crippen LogP contribution in [0.2, 0.25) is 0 Å². The van der Waals surface area contributed by atoms with Crippen LogP contribution in [-0.4, -0.2) is 27.3 Å². The van der Waals surface area contributed by atoms with Crippen molar-refractivity contribution >= 4 is 5.97 Å². The molecule has 1 aliphatic rings. The van der Waals surface area contributed by atoms with Gasteiger partial charge in [0.15, 0.2) is 16.9 Å². The van der Waals surface area contributed by atoms with E-state index in [0.29, 0.717) is 17.2 Å². The van der Waals surface area contributed by atoms with Gasteiger partial charge in [-0.15, -0.1) is 0 Å². The molecule has 0 saturated heterocycles. The second-order valence-electron chi connectivity index (χ2n) is 8.31. The third-order valence-corrected chi connectivity index (χ3v) is 6.27. The van der Waals surface area contributed by atoms with Crippen molar-refractivity contribution in [1.82, 2.24) is 0 Å². The molecule has 1 atom stereocenters. The van der Waals surface area contributed by atoms with Gasteiger partial charge in [0.2, 0.25) is 5.75 Å². The Morgan fingerprint density at radius 3 is 2.35 bits per heavy atom. The first-order valence-electron chi connectivity index (χ1n) is 11.2. The van der Waals surface area contributed by atoms with Gasteiger partial charge in [0.05, 0.1) is 21.3 Å². The topological polar surface area (TPSA) is 71.1 Å². The summed E-state index contributed by atoms with van der Waals surface area (Å²) in [4.78, 5) is 25.9. The van der Waals surface area contributed by atoms with Gasteiger partial charge in [-0.25, -0.2) is 4.79 Å². The minimum Gasteiger partial charge on any atom is -0.493 e. The van der Waals surface area contributed by atoms with Crippen LogP contribution in [0, 0.1) is 0 Å². The minimum atomic E-state index is -0.647. The highest BCUT2D eigenvalue weighted by molar-refractivity contribution is 5.90. The lowest BCUT2D eigenvalue weighted by atomic mass is 9.94. The zero-order valence-electron chi connectivity index (χ0n) is 19.8. The SMILES string of the molecule is COc1cc2c(c(OC)c1OC)-c1ccc(C(=O)OCc3ccccc3)c(=O)cc1[C@@H](C)CC2. The molecule has 6 heteroatoms. The highest BCUT2D eigenvalue weighted by atomic mass is 16.5. The Bertz CT molecular complexity index is 1270. The molecule has 3 aromatic carbocycles. The van der Waals surface area contributed by atoms with E-state index in [1.807, 2.05) is 42.5 Å². The maximum absolute atomic E-state index is 13.1. The van der Waals surface area contributed by atoms with Gasteiger partial charge in [-0.05, 0) is 59.2 Å². The number of aryl methyl sites for hydroxylation is 1. The standard InChI is InChI=1S/C28H28O6/c1-17-10-11-19-14-24(31-2)26(32-3)27(33-4)25(19)20-12-13-21(23(29)15-22(17)20)28(30)34-16-18-8-6-5-7-9-18/h5-9,12-15,17H,10-11,16H2,1-4H3/t17-/m0/s1. The Balaban J connectivity index is 1.84. The number of carbonyl (C=O) groups is 1. The van der Waals surface area contributed by atoms with E-state index >= 15 is 0 Å². The molecule has 3 aromatic rings. The molecular formula is C28H28O6. The van der Waals surface area contributed by atoms with Gasteiger partial charge in [0, 0.05) is 5.56 Å². The second kappa shape index (κ2) is 10.00. The lowest BCUT2D eigenvalue weighted by Gasteiger charge is -2.19. The number of hydrogen-bond donors (Lipinski definition) is 0. The number of esters is 1. The highest BCUT2D eigenvalue weighted by Crippen LogP contribution is 2.50. The number of hydrogen-bond acceptors (Lipinski definition) is 6. The molecule has 34 heavy (non-hydrogen) atoms. The van der Waals surface area contributed by atoms with Gasteiger partial charge in [0.1, 0.15) is 12.2 Å². The van der Waals surface area contributed by atoms with E-state index in [1.165, 1.54) is 0 Å². The maximum atomic E-state index is 13.1. The van der Waals surface area contributed by atoms with E-state index in [1.54, 1.807) is 33.5 Å². The fourth-order valence-electron chi connectivity index (χ4n) is 4.47. The minimum absolute atomic E-state index is 0.00259. The van der Waals surface area contributed by atoms with Crippen molar-refractivity contribution < 1.29 is 23.7 Å². The maximum Gasteiger partial charge on any atom is 0.342 e. The number of fused-ring (bicyclic) bond motifs is 3. The molecule has 0 fully saturated rings. The van der Waals surface area contributed by atoms with Crippen LogP contribution < -0.4 is 19.6 Å². The summed E-state index contributed by atoms with van der Waals surface area (Å²) in [7, 11) is 4.74. The third kappa shape index (κ3) is 4.36. The molecule has 4 rings (SSSR count). The van der Waals surface area contributed by atoms with Crippen molar-refractivity contribution in [2.24, 2.45) is 0 Å². The van der Waals surface area contributed by atoms with Crippen LogP contribution in [0.4, 0.5) is 0 Å². The molecule has 0 amide bonds. The average Bonchev–Trinajstić information content (AvgIpc) is 3.11. The predicted octanol–water partition coefficient (Wildman–Crippen LogP) is 5.15. The number of methoxy groups -OCH3 is 3. The van der Waals surface area contributed by atoms with Crippen molar-refractivity contribution in [2.45, 2.75) is 32.3 Å². The molecule has 0 heterocycles. The highest BCUT2D eigenvalue weighted by Gasteiger charge is 2.28. The summed E-state index contributed by atoms with van der Waals surface area (Å²) in [5, 5.41) is 0. The van der Waals surface area contributed by atoms with E-state index in [-0.39, 0.29) is 23.5 Å². The molecule has 0 bridgehead atoms. The first-order chi connectivity index (χ1) is 16.5. The van der Waals surface area contributed by atoms with Crippen molar-refractivity contribution in [1.29, 1.82) is 0 Å². The monoisotopic (exact) mass is 460 g/mol. The summed E-state index contributed by atoms with van der Waals surface area (Å²) in [5.41, 5.74) is 4.05. The molecule has 0 N–H and O–H groups in total. The number of ether oxygens (including phenoxy) is 4. The number of carbonyl (C=O) groups excluding carboxylic acids is 1. The molecule has 0 saturated carbocycles. The average molecular weight is 461 g/mol. The van der Waals surface area contributed by atoms with Crippen molar-refractivity contribution in [3.8, 4) is 28.4 Å². The Kier molecular flexibility index (Phi) is 6.87. The van der Waals surface area contributed by atoms with Crippen LogP contribution in [0.3, 0.4) is 0 Å². The molecule has 1 aliphatic carbocycles. The number of benzene rings is 2. The Morgan fingerprint density at radius 2 is 1.68 bits per heavy atom. The van der Waals surface area contributed by atoms with Gasteiger partial charge >= 0.3 is 5.97 Å². The summed E-state index contributed by atoms with van der Waals surface area (Å²) in [6.07, 6.45) is 1.61. The molecule has 0 aliphatic heterocycles. The van der Waals surface area contributed by atoms with Crippen molar-refractivity contribution in [2.75, 3.05) is 21.3 Å². The first kappa shape index (κ1) is 23.4. The summed E-state index contributed by atoms with van der Waals surface area (Å²) in [6.45, 7) is 2.18. The fraction of sp³-hybridized carbons (Fsp3) is 0.286. The second-order valence-corrected chi connectivity index (χ2v) is 8.31. The largest absolute Gasteiger partial charge is 0.493 e. The molecule has 6 nitrogen and oxygen atoms in total. The van der Waals surface area contributed by atoms with E-state index < -0.39 is 5.97 Å². The predicted molar refractivity (Wildman–Crippen MR) is 130 cm³/mol. The number of rotatable bonds is 6. The lowest BCUT2D eigenvalue weighted by Crippen LogP contribution is -2.15. The lowest BCUT2D eigenvalue weighted by molar-refractivity contribution is 0.0471. The molecule has 0 aromatic heterocycles. The Morgan fingerprint density at radius 1 is 0.941 bits per heavy atom. The van der Waals surface area contributed by atoms with Crippen LogP contribution in [0.5, 0.6) is 17.2 Å². The zero-order chi connectivity index (χ0) is 24.2. The first-order valence-corrected chi connectivity index (χ1v) is 11.2. The van der Waals surface area contributed by atoms with Crippen LogP contribution in [-0.2, 0) is 17.8 Å². The molecular weight excluding hydrogens is 432 g/mol. The third-order valence-electron chi connectivity index (χ3n) is 6.27. The van der Waals surface area contributed by atoms with Crippen molar-refractivity contribution in [3.05, 3.63) is 87.1 Å². The molecule has 0 radical (unpaired) electrons. The smallest absolute Gasteiger partial charge is 0.342 e. The summed E-state index contributed by atoms with van der Waals surface area (Å²) in [5.74, 6) is 1.06. The Labute approximate surface area is 199 Å². The van der Waals surface area contributed by atoms with Crippen molar-refractivity contribution in [3.63, 3.8) is 0 Å². The fourth-order valence-corrected chi connectivity index (χ4v) is 4.47. The van der Waals surface area contributed by atoms with Gasteiger partial charge in [0.25, 0.3) is 0 Å².